The number of aliphatic hydroxyl groups excluding tert-OH is 1. The van der Waals surface area contributed by atoms with Crippen LogP contribution in [0.2, 0.25) is 0 Å². The summed E-state index contributed by atoms with van der Waals surface area (Å²) in [6, 6.07) is 0.704. The number of piperazine rings is 1. The van der Waals surface area contributed by atoms with Crippen molar-refractivity contribution >= 4 is 0 Å². The van der Waals surface area contributed by atoms with Crippen LogP contribution in [-0.2, 0) is 0 Å². The Labute approximate surface area is 100 Å². The molecule has 0 spiro atoms. The van der Waals surface area contributed by atoms with Crippen LogP contribution in [0, 0.1) is 0 Å². The van der Waals surface area contributed by atoms with Gasteiger partial charge in [-0.1, -0.05) is 6.92 Å². The highest BCUT2D eigenvalue weighted by Crippen LogP contribution is 2.10. The Morgan fingerprint density at radius 3 is 2.62 bits per heavy atom. The standard InChI is InChI=1S/C13H28N2O/c1-4-15-10-9-14(11-12(15)2)8-6-5-7-13(3)16/h12-13,16H,4-11H2,1-3H3. The van der Waals surface area contributed by atoms with Crippen molar-refractivity contribution < 1.29 is 5.11 Å². The fraction of sp³-hybridized carbons (Fsp3) is 1.00. The highest BCUT2D eigenvalue weighted by atomic mass is 16.3. The van der Waals surface area contributed by atoms with E-state index < -0.39 is 0 Å². The molecule has 0 aliphatic carbocycles. The minimum atomic E-state index is -0.129. The Bertz CT molecular complexity index is 185. The van der Waals surface area contributed by atoms with Gasteiger partial charge in [0.2, 0.25) is 0 Å². The van der Waals surface area contributed by atoms with Gasteiger partial charge in [0.05, 0.1) is 6.10 Å². The second-order valence-electron chi connectivity index (χ2n) is 5.12. The maximum atomic E-state index is 9.18. The topological polar surface area (TPSA) is 26.7 Å². The van der Waals surface area contributed by atoms with Crippen molar-refractivity contribution in [3.63, 3.8) is 0 Å². The maximum absolute atomic E-state index is 9.18. The summed E-state index contributed by atoms with van der Waals surface area (Å²) in [5.41, 5.74) is 0. The van der Waals surface area contributed by atoms with Crippen molar-refractivity contribution in [3.05, 3.63) is 0 Å². The number of hydrogen-bond acceptors (Lipinski definition) is 3. The molecule has 0 aromatic carbocycles. The van der Waals surface area contributed by atoms with Gasteiger partial charge in [-0.25, -0.2) is 0 Å². The molecule has 2 atom stereocenters. The monoisotopic (exact) mass is 228 g/mol. The van der Waals surface area contributed by atoms with Gasteiger partial charge in [0.25, 0.3) is 0 Å². The first-order valence-electron chi connectivity index (χ1n) is 6.78. The Balaban J connectivity index is 2.10. The molecule has 0 saturated carbocycles. The second-order valence-corrected chi connectivity index (χ2v) is 5.12. The zero-order chi connectivity index (χ0) is 12.0. The van der Waals surface area contributed by atoms with Gasteiger partial charge in [0.1, 0.15) is 0 Å². The molecule has 0 aromatic rings. The third-order valence-electron chi connectivity index (χ3n) is 3.60. The Morgan fingerprint density at radius 2 is 2.06 bits per heavy atom. The first-order chi connectivity index (χ1) is 7.63. The molecule has 0 aromatic heterocycles. The molecular formula is C13H28N2O. The molecule has 0 bridgehead atoms. The van der Waals surface area contributed by atoms with Gasteiger partial charge in [0, 0.05) is 25.7 Å². The van der Waals surface area contributed by atoms with E-state index in [0.29, 0.717) is 6.04 Å². The number of hydrogen-bond donors (Lipinski definition) is 1. The van der Waals surface area contributed by atoms with Crippen molar-refractivity contribution in [1.82, 2.24) is 9.80 Å². The van der Waals surface area contributed by atoms with Crippen molar-refractivity contribution in [2.75, 3.05) is 32.7 Å². The summed E-state index contributed by atoms with van der Waals surface area (Å²) >= 11 is 0. The Morgan fingerprint density at radius 1 is 1.31 bits per heavy atom. The van der Waals surface area contributed by atoms with E-state index in [-0.39, 0.29) is 6.10 Å². The van der Waals surface area contributed by atoms with Crippen molar-refractivity contribution in [3.8, 4) is 0 Å². The number of likely N-dealkylation sites (N-methyl/N-ethyl adjacent to an activating group) is 1. The molecule has 1 rings (SSSR count). The highest BCUT2D eigenvalue weighted by Gasteiger charge is 2.21. The number of nitrogens with zero attached hydrogens (tertiary/aromatic N) is 2. The average Bonchev–Trinajstić information content (AvgIpc) is 2.24. The number of aliphatic hydroxyl groups is 1. The molecule has 1 aliphatic rings. The summed E-state index contributed by atoms with van der Waals surface area (Å²) in [5.74, 6) is 0. The molecule has 1 N–H and O–H groups in total. The normalized spacial score (nSPS) is 25.9. The summed E-state index contributed by atoms with van der Waals surface area (Å²) in [6.07, 6.45) is 3.20. The molecule has 0 radical (unpaired) electrons. The lowest BCUT2D eigenvalue weighted by Gasteiger charge is -2.39. The predicted octanol–water partition coefficient (Wildman–Crippen LogP) is 1.56. The zero-order valence-corrected chi connectivity index (χ0v) is 11.2. The fourth-order valence-corrected chi connectivity index (χ4v) is 2.52. The average molecular weight is 228 g/mol. The zero-order valence-electron chi connectivity index (χ0n) is 11.2. The smallest absolute Gasteiger partial charge is 0.0512 e. The largest absolute Gasteiger partial charge is 0.393 e. The fourth-order valence-electron chi connectivity index (χ4n) is 2.52. The minimum absolute atomic E-state index is 0.129. The third kappa shape index (κ3) is 4.81. The van der Waals surface area contributed by atoms with E-state index in [1.807, 2.05) is 6.92 Å². The van der Waals surface area contributed by atoms with Gasteiger partial charge in [-0.05, 0) is 46.2 Å². The summed E-state index contributed by atoms with van der Waals surface area (Å²) < 4.78 is 0. The molecule has 16 heavy (non-hydrogen) atoms. The van der Waals surface area contributed by atoms with Crippen LogP contribution in [0.5, 0.6) is 0 Å². The van der Waals surface area contributed by atoms with Crippen molar-refractivity contribution in [2.24, 2.45) is 0 Å². The summed E-state index contributed by atoms with van der Waals surface area (Å²) in [6.45, 7) is 12.5. The SMILES string of the molecule is CCN1CCN(CCCCC(C)O)CC1C. The quantitative estimate of drug-likeness (QED) is 0.699. The van der Waals surface area contributed by atoms with Crippen LogP contribution < -0.4 is 0 Å². The van der Waals surface area contributed by atoms with Crippen LogP contribution >= 0.6 is 0 Å². The van der Waals surface area contributed by atoms with Crippen LogP contribution in [0.4, 0.5) is 0 Å². The minimum Gasteiger partial charge on any atom is -0.393 e. The van der Waals surface area contributed by atoms with E-state index in [4.69, 9.17) is 0 Å². The first kappa shape index (κ1) is 13.9. The van der Waals surface area contributed by atoms with Crippen LogP contribution in [0.3, 0.4) is 0 Å². The van der Waals surface area contributed by atoms with E-state index in [1.165, 1.54) is 39.1 Å². The van der Waals surface area contributed by atoms with Gasteiger partial charge in [-0.15, -0.1) is 0 Å². The molecule has 2 unspecified atom stereocenters. The lowest BCUT2D eigenvalue weighted by molar-refractivity contribution is 0.0857. The first-order valence-corrected chi connectivity index (χ1v) is 6.78. The third-order valence-corrected chi connectivity index (χ3v) is 3.60. The molecular weight excluding hydrogens is 200 g/mol. The summed E-state index contributed by atoms with van der Waals surface area (Å²) in [7, 11) is 0. The predicted molar refractivity (Wildman–Crippen MR) is 68.7 cm³/mol. The van der Waals surface area contributed by atoms with E-state index in [9.17, 15) is 5.11 Å². The molecule has 1 saturated heterocycles. The van der Waals surface area contributed by atoms with Crippen molar-refractivity contribution in [2.45, 2.75) is 52.2 Å². The van der Waals surface area contributed by atoms with Crippen LogP contribution in [-0.4, -0.2) is 59.8 Å². The molecule has 3 nitrogen and oxygen atoms in total. The lowest BCUT2D eigenvalue weighted by atomic mass is 10.1. The van der Waals surface area contributed by atoms with Gasteiger partial charge >= 0.3 is 0 Å². The van der Waals surface area contributed by atoms with Crippen LogP contribution in [0.25, 0.3) is 0 Å². The Hall–Kier alpha value is -0.120. The molecule has 3 heteroatoms. The number of unbranched alkanes of at least 4 members (excludes halogenated alkanes) is 1. The van der Waals surface area contributed by atoms with Crippen molar-refractivity contribution in [1.29, 1.82) is 0 Å². The van der Waals surface area contributed by atoms with Crippen LogP contribution in [0.15, 0.2) is 0 Å². The Kier molecular flexibility index (Phi) is 6.32. The van der Waals surface area contributed by atoms with Gasteiger partial charge in [0.15, 0.2) is 0 Å². The number of rotatable bonds is 6. The molecule has 1 aliphatic heterocycles. The molecule has 0 amide bonds. The van der Waals surface area contributed by atoms with Gasteiger partial charge in [-0.3, -0.25) is 4.90 Å². The second kappa shape index (κ2) is 7.25. The van der Waals surface area contributed by atoms with E-state index in [1.54, 1.807) is 0 Å². The summed E-state index contributed by atoms with van der Waals surface area (Å²) in [5, 5.41) is 9.18. The lowest BCUT2D eigenvalue weighted by Crippen LogP contribution is -2.51. The molecule has 1 heterocycles. The van der Waals surface area contributed by atoms with E-state index in [2.05, 4.69) is 23.6 Å². The molecule has 1 fully saturated rings. The molecule has 96 valence electrons. The maximum Gasteiger partial charge on any atom is 0.0512 e. The van der Waals surface area contributed by atoms with Gasteiger partial charge in [-0.2, -0.15) is 0 Å². The highest BCUT2D eigenvalue weighted by molar-refractivity contribution is 4.78. The van der Waals surface area contributed by atoms with Gasteiger partial charge < -0.3 is 10.0 Å². The van der Waals surface area contributed by atoms with Crippen LogP contribution in [0.1, 0.15) is 40.0 Å². The summed E-state index contributed by atoms with van der Waals surface area (Å²) in [4.78, 5) is 5.12. The van der Waals surface area contributed by atoms with E-state index >= 15 is 0 Å². The van der Waals surface area contributed by atoms with E-state index in [0.717, 1.165) is 12.8 Å².